The minimum absolute atomic E-state index is 0.0866. The van der Waals surface area contributed by atoms with E-state index in [1.165, 1.54) is 29.8 Å². The van der Waals surface area contributed by atoms with E-state index in [0.717, 1.165) is 6.08 Å². The van der Waals surface area contributed by atoms with E-state index in [1.807, 2.05) is 0 Å². The van der Waals surface area contributed by atoms with Crippen LogP contribution >= 0.6 is 0 Å². The molecule has 0 aliphatic rings. The third kappa shape index (κ3) is 5.85. The standard InChI is InChI=1S/C17H15F3N2O3/c18-17(19,20)25-15-8-4-2-6-13(15)11-21-14-7-3-1-5-12(14)9-10-16(23)22-24/h1-10,21,24H,11H2,(H,22,23)/b10-9+. The van der Waals surface area contributed by atoms with Crippen molar-refractivity contribution in [1.29, 1.82) is 0 Å². The number of carbonyl (C=O) groups is 1. The fourth-order valence-corrected chi connectivity index (χ4v) is 2.07. The van der Waals surface area contributed by atoms with Gasteiger partial charge in [-0.05, 0) is 23.8 Å². The largest absolute Gasteiger partial charge is 0.573 e. The number of anilines is 1. The molecular formula is C17H15F3N2O3. The van der Waals surface area contributed by atoms with Gasteiger partial charge in [-0.1, -0.05) is 36.4 Å². The monoisotopic (exact) mass is 352 g/mol. The van der Waals surface area contributed by atoms with Crippen molar-refractivity contribution in [2.24, 2.45) is 0 Å². The molecule has 0 unspecified atom stereocenters. The van der Waals surface area contributed by atoms with Gasteiger partial charge in [0.2, 0.25) is 0 Å². The van der Waals surface area contributed by atoms with Crippen LogP contribution in [-0.4, -0.2) is 17.5 Å². The summed E-state index contributed by atoms with van der Waals surface area (Å²) in [5.74, 6) is -0.978. The van der Waals surface area contributed by atoms with Gasteiger partial charge in [0.25, 0.3) is 5.91 Å². The number of rotatable bonds is 6. The van der Waals surface area contributed by atoms with Crippen molar-refractivity contribution in [3.8, 4) is 5.75 Å². The summed E-state index contributed by atoms with van der Waals surface area (Å²) in [6.07, 6.45) is -2.18. The Morgan fingerprint density at radius 2 is 1.80 bits per heavy atom. The van der Waals surface area contributed by atoms with Crippen LogP contribution in [0.1, 0.15) is 11.1 Å². The molecule has 0 atom stereocenters. The molecule has 25 heavy (non-hydrogen) atoms. The maximum Gasteiger partial charge on any atom is 0.573 e. The molecule has 0 saturated carbocycles. The molecule has 0 aliphatic carbocycles. The van der Waals surface area contributed by atoms with E-state index >= 15 is 0 Å². The number of benzene rings is 2. The number of halogens is 3. The normalized spacial score (nSPS) is 11.4. The Kier molecular flexibility index (Phi) is 6.02. The van der Waals surface area contributed by atoms with Crippen LogP contribution < -0.4 is 15.5 Å². The Hall–Kier alpha value is -3.00. The Bertz CT molecular complexity index is 761. The zero-order valence-corrected chi connectivity index (χ0v) is 12.9. The van der Waals surface area contributed by atoms with E-state index in [0.29, 0.717) is 16.8 Å². The lowest BCUT2D eigenvalue weighted by Gasteiger charge is -2.15. The molecule has 5 nitrogen and oxygen atoms in total. The lowest BCUT2D eigenvalue weighted by Crippen LogP contribution is -2.18. The highest BCUT2D eigenvalue weighted by Gasteiger charge is 2.31. The molecule has 0 fully saturated rings. The van der Waals surface area contributed by atoms with E-state index in [4.69, 9.17) is 5.21 Å². The zero-order chi connectivity index (χ0) is 18.3. The third-order valence-corrected chi connectivity index (χ3v) is 3.15. The van der Waals surface area contributed by atoms with Crippen LogP contribution in [0.5, 0.6) is 5.75 Å². The summed E-state index contributed by atoms with van der Waals surface area (Å²) in [6.45, 7) is 0.0866. The average Bonchev–Trinajstić information content (AvgIpc) is 2.58. The van der Waals surface area contributed by atoms with E-state index in [2.05, 4.69) is 10.1 Å². The Balaban J connectivity index is 2.15. The molecule has 0 aliphatic heterocycles. The Morgan fingerprint density at radius 3 is 2.52 bits per heavy atom. The minimum atomic E-state index is -4.77. The smallest absolute Gasteiger partial charge is 0.405 e. The van der Waals surface area contributed by atoms with Gasteiger partial charge < -0.3 is 10.1 Å². The first-order chi connectivity index (χ1) is 11.9. The van der Waals surface area contributed by atoms with Crippen molar-refractivity contribution >= 4 is 17.7 Å². The van der Waals surface area contributed by atoms with Gasteiger partial charge >= 0.3 is 6.36 Å². The van der Waals surface area contributed by atoms with Gasteiger partial charge in [0.05, 0.1) is 0 Å². The first-order valence-electron chi connectivity index (χ1n) is 7.18. The number of para-hydroxylation sites is 2. The first kappa shape index (κ1) is 18.3. The summed E-state index contributed by atoms with van der Waals surface area (Å²) >= 11 is 0. The molecule has 0 saturated heterocycles. The molecule has 0 bridgehead atoms. The van der Waals surface area contributed by atoms with Crippen LogP contribution in [0.15, 0.2) is 54.6 Å². The first-order valence-corrected chi connectivity index (χ1v) is 7.18. The molecule has 2 rings (SSSR count). The number of hydrogen-bond acceptors (Lipinski definition) is 4. The number of amides is 1. The molecule has 0 spiro atoms. The van der Waals surface area contributed by atoms with Crippen molar-refractivity contribution in [3.63, 3.8) is 0 Å². The van der Waals surface area contributed by atoms with Crippen LogP contribution in [0.25, 0.3) is 6.08 Å². The topological polar surface area (TPSA) is 70.6 Å². The fourth-order valence-electron chi connectivity index (χ4n) is 2.07. The highest BCUT2D eigenvalue weighted by atomic mass is 19.4. The molecule has 0 aromatic heterocycles. The van der Waals surface area contributed by atoms with Gasteiger partial charge in [0.1, 0.15) is 5.75 Å². The summed E-state index contributed by atoms with van der Waals surface area (Å²) in [6, 6.07) is 12.7. The van der Waals surface area contributed by atoms with Gasteiger partial charge in [-0.15, -0.1) is 13.2 Å². The van der Waals surface area contributed by atoms with Gasteiger partial charge in [0, 0.05) is 23.9 Å². The van der Waals surface area contributed by atoms with E-state index < -0.39 is 12.3 Å². The summed E-state index contributed by atoms with van der Waals surface area (Å²) in [5, 5.41) is 11.5. The van der Waals surface area contributed by atoms with E-state index in [1.54, 1.807) is 30.3 Å². The second kappa shape index (κ2) is 8.20. The molecule has 2 aromatic rings. The highest BCUT2D eigenvalue weighted by molar-refractivity contribution is 5.91. The van der Waals surface area contributed by atoms with Crippen molar-refractivity contribution in [2.75, 3.05) is 5.32 Å². The predicted octanol–water partition coefficient (Wildman–Crippen LogP) is 3.72. The van der Waals surface area contributed by atoms with Gasteiger partial charge in [-0.25, -0.2) is 5.48 Å². The summed E-state index contributed by atoms with van der Waals surface area (Å²) in [4.78, 5) is 11.1. The second-order valence-corrected chi connectivity index (χ2v) is 4.91. The average molecular weight is 352 g/mol. The van der Waals surface area contributed by atoms with E-state index in [-0.39, 0.29) is 12.3 Å². The maximum atomic E-state index is 12.4. The van der Waals surface area contributed by atoms with Gasteiger partial charge in [-0.2, -0.15) is 0 Å². The Labute approximate surface area is 141 Å². The molecule has 0 radical (unpaired) electrons. The lowest BCUT2D eigenvalue weighted by atomic mass is 10.1. The van der Waals surface area contributed by atoms with Crippen molar-refractivity contribution < 1.29 is 27.9 Å². The van der Waals surface area contributed by atoms with Crippen LogP contribution in [0.4, 0.5) is 18.9 Å². The number of hydroxylamine groups is 1. The Morgan fingerprint density at radius 1 is 1.12 bits per heavy atom. The molecule has 2 aromatic carbocycles. The third-order valence-electron chi connectivity index (χ3n) is 3.15. The van der Waals surface area contributed by atoms with Crippen LogP contribution in [0.2, 0.25) is 0 Å². The number of ether oxygens (including phenoxy) is 1. The second-order valence-electron chi connectivity index (χ2n) is 4.91. The van der Waals surface area contributed by atoms with Gasteiger partial charge in [0.15, 0.2) is 0 Å². The summed E-state index contributed by atoms with van der Waals surface area (Å²) in [5.41, 5.74) is 3.03. The van der Waals surface area contributed by atoms with Gasteiger partial charge in [-0.3, -0.25) is 10.0 Å². The van der Waals surface area contributed by atoms with Crippen LogP contribution in [0, 0.1) is 0 Å². The SMILES string of the molecule is O=C(/C=C/c1ccccc1NCc1ccccc1OC(F)(F)F)NO. The van der Waals surface area contributed by atoms with Crippen molar-refractivity contribution in [2.45, 2.75) is 12.9 Å². The number of nitrogens with one attached hydrogen (secondary N) is 2. The quantitative estimate of drug-likeness (QED) is 0.421. The molecular weight excluding hydrogens is 337 g/mol. The fraction of sp³-hybridized carbons (Fsp3) is 0.118. The molecule has 3 N–H and O–H groups in total. The highest BCUT2D eigenvalue weighted by Crippen LogP contribution is 2.27. The lowest BCUT2D eigenvalue weighted by molar-refractivity contribution is -0.274. The maximum absolute atomic E-state index is 12.4. The number of carbonyl (C=O) groups excluding carboxylic acids is 1. The molecule has 1 amide bonds. The summed E-state index contributed by atoms with van der Waals surface area (Å²) < 4.78 is 41.4. The van der Waals surface area contributed by atoms with Crippen LogP contribution in [-0.2, 0) is 11.3 Å². The van der Waals surface area contributed by atoms with Crippen molar-refractivity contribution in [3.05, 3.63) is 65.7 Å². The summed E-state index contributed by atoms with van der Waals surface area (Å²) in [7, 11) is 0. The molecule has 0 heterocycles. The molecule has 132 valence electrons. The minimum Gasteiger partial charge on any atom is -0.405 e. The molecule has 8 heteroatoms. The number of hydrogen-bond donors (Lipinski definition) is 3. The zero-order valence-electron chi connectivity index (χ0n) is 12.9. The predicted molar refractivity (Wildman–Crippen MR) is 85.9 cm³/mol. The van der Waals surface area contributed by atoms with E-state index in [9.17, 15) is 18.0 Å². The number of alkyl halides is 3. The van der Waals surface area contributed by atoms with Crippen LogP contribution in [0.3, 0.4) is 0 Å². The van der Waals surface area contributed by atoms with Crippen molar-refractivity contribution in [1.82, 2.24) is 5.48 Å².